The number of carbonyl (C=O) groups excluding carboxylic acids is 3. The number of ketones is 1. The number of rotatable bonds is 6. The monoisotopic (exact) mass is 559 g/mol. The number of piperidine rings is 1. The lowest BCUT2D eigenvalue weighted by atomic mass is 9.72. The number of Topliss-reactive ketones (excluding diaryl/α,β-unsaturated/α-hetero) is 1. The summed E-state index contributed by atoms with van der Waals surface area (Å²) in [4.78, 5) is 43.7. The van der Waals surface area contributed by atoms with Crippen LogP contribution in [0.2, 0.25) is 5.02 Å². The summed E-state index contributed by atoms with van der Waals surface area (Å²) in [5.41, 5.74) is -0.394. The first-order valence-corrected chi connectivity index (χ1v) is 13.7. The summed E-state index contributed by atoms with van der Waals surface area (Å²) in [6.45, 7) is 1.53. The van der Waals surface area contributed by atoms with Crippen molar-refractivity contribution in [2.75, 3.05) is 33.2 Å². The number of hydrogen-bond donors (Lipinski definition) is 1. The molecule has 10 heteroatoms. The number of halogens is 3. The number of alkyl halides is 1. The third-order valence-electron chi connectivity index (χ3n) is 8.52. The van der Waals surface area contributed by atoms with Gasteiger partial charge in [-0.05, 0) is 67.6 Å². The second kappa shape index (κ2) is 11.2. The van der Waals surface area contributed by atoms with Crippen LogP contribution in [0.4, 0.5) is 13.6 Å². The zero-order valence-electron chi connectivity index (χ0n) is 21.7. The van der Waals surface area contributed by atoms with Crippen LogP contribution in [0.3, 0.4) is 0 Å². The summed E-state index contributed by atoms with van der Waals surface area (Å²) in [6, 6.07) is 12.4. The third kappa shape index (κ3) is 5.39. The van der Waals surface area contributed by atoms with Crippen molar-refractivity contribution < 1.29 is 27.9 Å². The van der Waals surface area contributed by atoms with Gasteiger partial charge in [0.2, 0.25) is 5.91 Å². The second-order valence-corrected chi connectivity index (χ2v) is 11.2. The summed E-state index contributed by atoms with van der Waals surface area (Å²) in [5.74, 6) is -1.42. The molecule has 7 nitrogen and oxygen atoms in total. The number of benzene rings is 2. The molecule has 1 N–H and O–H groups in total. The molecule has 3 fully saturated rings. The van der Waals surface area contributed by atoms with E-state index in [0.717, 1.165) is 5.56 Å². The first kappa shape index (κ1) is 27.5. The summed E-state index contributed by atoms with van der Waals surface area (Å²) < 4.78 is 32.2. The zero-order valence-corrected chi connectivity index (χ0v) is 22.5. The van der Waals surface area contributed by atoms with Crippen LogP contribution in [0, 0.1) is 17.7 Å². The zero-order chi connectivity index (χ0) is 27.7. The number of hydrogen-bond acceptors (Lipinski definition) is 5. The smallest absolute Gasteiger partial charge is 0.410 e. The number of ether oxygens (including phenoxy) is 1. The quantitative estimate of drug-likeness (QED) is 0.560. The van der Waals surface area contributed by atoms with E-state index in [4.69, 9.17) is 16.3 Å². The fraction of sp³-hybridized carbons (Fsp3) is 0.483. The average molecular weight is 560 g/mol. The number of likely N-dealkylation sites (N-methyl/N-ethyl adjacent to an activating group) is 1. The van der Waals surface area contributed by atoms with E-state index in [1.165, 1.54) is 29.2 Å². The number of nitrogens with zero attached hydrogens (tertiary/aromatic N) is 2. The maximum Gasteiger partial charge on any atom is 0.415 e. The van der Waals surface area contributed by atoms with Gasteiger partial charge in [0.1, 0.15) is 23.3 Å². The van der Waals surface area contributed by atoms with Gasteiger partial charge in [-0.3, -0.25) is 14.5 Å². The van der Waals surface area contributed by atoms with Crippen LogP contribution in [0.1, 0.15) is 37.2 Å². The van der Waals surface area contributed by atoms with Gasteiger partial charge < -0.3 is 15.0 Å². The van der Waals surface area contributed by atoms with Crippen molar-refractivity contribution >= 4 is 29.4 Å². The second-order valence-electron chi connectivity index (χ2n) is 10.8. The molecular formula is C29H32ClF2N3O4. The van der Waals surface area contributed by atoms with Crippen molar-refractivity contribution in [3.63, 3.8) is 0 Å². The molecule has 0 radical (unpaired) electrons. The standard InChI is InChI=1S/C29H32ClF2N3O4/c1-34(28(38)39-24-8-6-22(31)7-9-24)29(17-33-16-25(29)18-2-4-21(30)5-3-18)26(36)19-10-12-35(13-11-19)27(37)20-14-23(32)15-20/h2-9,19-20,23,25,33H,10-17H2,1H3/t20?,23?,25-,29+/m0/s1. The minimum absolute atomic E-state index is 0.0360. The van der Waals surface area contributed by atoms with Gasteiger partial charge in [0, 0.05) is 56.0 Å². The van der Waals surface area contributed by atoms with Crippen molar-refractivity contribution in [3.05, 3.63) is 64.9 Å². The highest BCUT2D eigenvalue weighted by atomic mass is 35.5. The van der Waals surface area contributed by atoms with Crippen LogP contribution in [0.25, 0.3) is 0 Å². The normalized spacial score (nSPS) is 27.1. The van der Waals surface area contributed by atoms with E-state index in [1.54, 1.807) is 24.1 Å². The Balaban J connectivity index is 1.39. The number of likely N-dealkylation sites (tertiary alicyclic amines) is 1. The lowest BCUT2D eigenvalue weighted by Gasteiger charge is -2.44. The molecular weight excluding hydrogens is 528 g/mol. The van der Waals surface area contributed by atoms with Gasteiger partial charge in [0.05, 0.1) is 0 Å². The highest BCUT2D eigenvalue weighted by Gasteiger charge is 2.56. The molecule has 2 aliphatic heterocycles. The summed E-state index contributed by atoms with van der Waals surface area (Å²) in [6.07, 6.45) is -0.149. The fourth-order valence-electron chi connectivity index (χ4n) is 6.12. The molecule has 1 aliphatic carbocycles. The lowest BCUT2D eigenvalue weighted by molar-refractivity contribution is -0.144. The van der Waals surface area contributed by atoms with Gasteiger partial charge in [-0.15, -0.1) is 0 Å². The molecule has 0 unspecified atom stereocenters. The van der Waals surface area contributed by atoms with Gasteiger partial charge >= 0.3 is 6.09 Å². The number of amides is 2. The predicted molar refractivity (Wildman–Crippen MR) is 142 cm³/mol. The largest absolute Gasteiger partial charge is 0.415 e. The molecule has 2 aromatic carbocycles. The SMILES string of the molecule is CN(C(=O)Oc1ccc(F)cc1)[C@]1(C(=O)C2CCN(C(=O)C3CC(F)C3)CC2)CNC[C@H]1c1ccc(Cl)cc1. The van der Waals surface area contributed by atoms with Gasteiger partial charge in [-0.25, -0.2) is 13.6 Å². The summed E-state index contributed by atoms with van der Waals surface area (Å²) in [7, 11) is 1.56. The topological polar surface area (TPSA) is 79.0 Å². The molecule has 5 rings (SSSR count). The molecule has 1 saturated carbocycles. The van der Waals surface area contributed by atoms with E-state index >= 15 is 0 Å². The van der Waals surface area contributed by atoms with Gasteiger partial charge in [0.25, 0.3) is 0 Å². The maximum absolute atomic E-state index is 14.4. The van der Waals surface area contributed by atoms with Crippen LogP contribution in [-0.4, -0.2) is 72.5 Å². The van der Waals surface area contributed by atoms with E-state index in [0.29, 0.717) is 37.5 Å². The highest BCUT2D eigenvalue weighted by molar-refractivity contribution is 6.30. The maximum atomic E-state index is 14.4. The Kier molecular flexibility index (Phi) is 7.91. The van der Waals surface area contributed by atoms with E-state index < -0.39 is 23.6 Å². The first-order valence-electron chi connectivity index (χ1n) is 13.3. The Morgan fingerprint density at radius 3 is 2.28 bits per heavy atom. The Morgan fingerprint density at radius 2 is 1.67 bits per heavy atom. The Bertz CT molecular complexity index is 1210. The van der Waals surface area contributed by atoms with E-state index in [-0.39, 0.29) is 54.6 Å². The predicted octanol–water partition coefficient (Wildman–Crippen LogP) is 4.59. The molecule has 2 heterocycles. The number of nitrogens with one attached hydrogen (secondary N) is 1. The van der Waals surface area contributed by atoms with Crippen LogP contribution >= 0.6 is 11.6 Å². The Labute approximate surface area is 231 Å². The van der Waals surface area contributed by atoms with Crippen LogP contribution < -0.4 is 10.1 Å². The molecule has 2 amide bonds. The van der Waals surface area contributed by atoms with Crippen molar-refractivity contribution in [1.29, 1.82) is 0 Å². The minimum Gasteiger partial charge on any atom is -0.410 e. The van der Waals surface area contributed by atoms with E-state index in [1.807, 2.05) is 12.1 Å². The molecule has 2 atom stereocenters. The van der Waals surface area contributed by atoms with E-state index in [9.17, 15) is 23.2 Å². The third-order valence-corrected chi connectivity index (χ3v) is 8.77. The van der Waals surface area contributed by atoms with Crippen LogP contribution in [0.5, 0.6) is 5.75 Å². The molecule has 0 aromatic heterocycles. The number of carbonyl (C=O) groups is 3. The lowest BCUT2D eigenvalue weighted by Crippen LogP contribution is -2.62. The molecule has 208 valence electrons. The molecule has 2 aromatic rings. The van der Waals surface area contributed by atoms with Crippen LogP contribution in [0.15, 0.2) is 48.5 Å². The highest BCUT2D eigenvalue weighted by Crippen LogP contribution is 2.41. The molecule has 2 saturated heterocycles. The van der Waals surface area contributed by atoms with Gasteiger partial charge in [0.15, 0.2) is 5.78 Å². The van der Waals surface area contributed by atoms with Gasteiger partial charge in [-0.1, -0.05) is 23.7 Å². The van der Waals surface area contributed by atoms with Crippen molar-refractivity contribution in [1.82, 2.24) is 15.1 Å². The molecule has 39 heavy (non-hydrogen) atoms. The molecule has 3 aliphatic rings. The van der Waals surface area contributed by atoms with Crippen molar-refractivity contribution in [2.45, 2.75) is 43.3 Å². The Hall–Kier alpha value is -3.04. The molecule has 0 bridgehead atoms. The van der Waals surface area contributed by atoms with Crippen LogP contribution in [-0.2, 0) is 9.59 Å². The van der Waals surface area contributed by atoms with E-state index in [2.05, 4.69) is 5.32 Å². The van der Waals surface area contributed by atoms with Gasteiger partial charge in [-0.2, -0.15) is 0 Å². The minimum atomic E-state index is -1.25. The van der Waals surface area contributed by atoms with Crippen molar-refractivity contribution in [3.8, 4) is 5.75 Å². The van der Waals surface area contributed by atoms with Crippen molar-refractivity contribution in [2.24, 2.45) is 11.8 Å². The first-order chi connectivity index (χ1) is 18.7. The summed E-state index contributed by atoms with van der Waals surface area (Å²) in [5, 5.41) is 3.88. The summed E-state index contributed by atoms with van der Waals surface area (Å²) >= 11 is 6.13. The average Bonchev–Trinajstić information content (AvgIpc) is 3.38. The molecule has 0 spiro atoms. The fourth-order valence-corrected chi connectivity index (χ4v) is 6.25. The Morgan fingerprint density at radius 1 is 1.03 bits per heavy atom.